The third kappa shape index (κ3) is 8.15. The second kappa shape index (κ2) is 13.7. The number of aliphatic hydroxyl groups is 1. The maximum atomic E-state index is 12.7. The van der Waals surface area contributed by atoms with Crippen LogP contribution in [0.5, 0.6) is 0 Å². The van der Waals surface area contributed by atoms with E-state index in [1.54, 1.807) is 36.5 Å². The van der Waals surface area contributed by atoms with E-state index in [0.717, 1.165) is 5.56 Å². The summed E-state index contributed by atoms with van der Waals surface area (Å²) in [5.74, 6) is -1.02. The smallest absolute Gasteiger partial charge is 0.254 e. The number of ether oxygens (including phenoxy) is 1. The fourth-order valence-electron chi connectivity index (χ4n) is 3.38. The Morgan fingerprint density at radius 3 is 2.39 bits per heavy atom. The Balaban J connectivity index is 1.54. The number of hydrogen-bond donors (Lipinski definition) is 5. The molecule has 0 aliphatic heterocycles. The molecule has 1 unspecified atom stereocenters. The van der Waals surface area contributed by atoms with Crippen molar-refractivity contribution in [3.8, 4) is 0 Å². The Hall–Kier alpha value is -3.70. The zero-order valence-electron chi connectivity index (χ0n) is 20.6. The maximum Gasteiger partial charge on any atom is 0.254 e. The van der Waals surface area contributed by atoms with Gasteiger partial charge in [0, 0.05) is 31.1 Å². The molecular weight excluding hydrogens is 533 g/mol. The zero-order valence-corrected chi connectivity index (χ0v) is 22.1. The summed E-state index contributed by atoms with van der Waals surface area (Å²) in [6.07, 6.45) is 0.244. The number of pyridine rings is 1. The van der Waals surface area contributed by atoms with Gasteiger partial charge in [-0.05, 0) is 55.0 Å². The predicted octanol–water partition coefficient (Wildman–Crippen LogP) is 3.05. The molecule has 0 saturated heterocycles. The molecule has 0 aliphatic carbocycles. The summed E-state index contributed by atoms with van der Waals surface area (Å²) in [6, 6.07) is 14.1. The number of rotatable bonds is 11. The average Bonchev–Trinajstić information content (AvgIpc) is 2.89. The third-order valence-electron chi connectivity index (χ3n) is 5.33. The largest absolute Gasteiger partial charge is 0.366 e. The quantitative estimate of drug-likeness (QED) is 0.227. The Bertz CT molecular complexity index is 1290. The highest BCUT2D eigenvalue weighted by atomic mass is 35.5. The van der Waals surface area contributed by atoms with Crippen molar-refractivity contribution < 1.29 is 24.2 Å². The highest BCUT2D eigenvalue weighted by molar-refractivity contribution is 6.39. The standard InChI is InChI=1S/C26H27Cl2N5O5/c1-15-9-10-29-21(11-15)32-17-6-3-5-16(12-17)24(35)31-14-22(34)30-13-20(26(37)38-2)33-25(36)23-18(27)7-4-8-19(23)28/h3-12,20,26,37H,13-14H2,1-2H3,(H,29,32)(H,30,34)(H,31,35)(H,33,36)/t20-,26?/m0/s1. The number of hydrogen-bond acceptors (Lipinski definition) is 7. The van der Waals surface area contributed by atoms with Gasteiger partial charge in [0.05, 0.1) is 28.2 Å². The first kappa shape index (κ1) is 28.9. The highest BCUT2D eigenvalue weighted by Crippen LogP contribution is 2.24. The van der Waals surface area contributed by atoms with Crippen LogP contribution in [-0.2, 0) is 9.53 Å². The van der Waals surface area contributed by atoms with Crippen LogP contribution in [0.3, 0.4) is 0 Å². The Labute approximate surface area is 229 Å². The molecule has 0 bridgehead atoms. The van der Waals surface area contributed by atoms with Crippen molar-refractivity contribution >= 4 is 52.4 Å². The van der Waals surface area contributed by atoms with Crippen LogP contribution >= 0.6 is 23.2 Å². The van der Waals surface area contributed by atoms with Gasteiger partial charge in [0.15, 0.2) is 6.29 Å². The average molecular weight is 560 g/mol. The van der Waals surface area contributed by atoms with Gasteiger partial charge in [-0.3, -0.25) is 14.4 Å². The third-order valence-corrected chi connectivity index (χ3v) is 5.96. The first-order chi connectivity index (χ1) is 18.2. The molecule has 2 atom stereocenters. The Kier molecular flexibility index (Phi) is 10.4. The first-order valence-corrected chi connectivity index (χ1v) is 12.2. The number of methoxy groups -OCH3 is 1. The lowest BCUT2D eigenvalue weighted by Gasteiger charge is -2.24. The lowest BCUT2D eigenvalue weighted by atomic mass is 10.1. The lowest BCUT2D eigenvalue weighted by Crippen LogP contribution is -2.52. The maximum absolute atomic E-state index is 12.7. The van der Waals surface area contributed by atoms with E-state index in [4.69, 9.17) is 27.9 Å². The van der Waals surface area contributed by atoms with Gasteiger partial charge in [-0.2, -0.15) is 0 Å². The number of aryl methyl sites for hydroxylation is 1. The van der Waals surface area contributed by atoms with Crippen LogP contribution in [-0.4, -0.2) is 60.3 Å². The molecule has 0 saturated carbocycles. The van der Waals surface area contributed by atoms with Crippen LogP contribution < -0.4 is 21.3 Å². The lowest BCUT2D eigenvalue weighted by molar-refractivity contribution is -0.121. The van der Waals surface area contributed by atoms with Crippen molar-refractivity contribution in [2.24, 2.45) is 0 Å². The number of halogens is 2. The first-order valence-electron chi connectivity index (χ1n) is 11.5. The molecule has 0 fully saturated rings. The van der Waals surface area contributed by atoms with Crippen LogP contribution in [0, 0.1) is 6.92 Å². The molecule has 2 aromatic carbocycles. The van der Waals surface area contributed by atoms with Crippen molar-refractivity contribution in [2.75, 3.05) is 25.5 Å². The minimum atomic E-state index is -1.44. The summed E-state index contributed by atoms with van der Waals surface area (Å²) in [6.45, 7) is 1.42. The van der Waals surface area contributed by atoms with E-state index >= 15 is 0 Å². The fraction of sp³-hybridized carbons (Fsp3) is 0.231. The molecule has 1 aromatic heterocycles. The van der Waals surface area contributed by atoms with Gasteiger partial charge in [-0.15, -0.1) is 0 Å². The van der Waals surface area contributed by atoms with Crippen molar-refractivity contribution in [2.45, 2.75) is 19.3 Å². The molecule has 0 radical (unpaired) electrons. The van der Waals surface area contributed by atoms with E-state index in [1.165, 1.54) is 19.2 Å². The minimum Gasteiger partial charge on any atom is -0.366 e. The van der Waals surface area contributed by atoms with Crippen molar-refractivity contribution in [1.29, 1.82) is 0 Å². The number of aromatic nitrogens is 1. The van der Waals surface area contributed by atoms with E-state index in [2.05, 4.69) is 26.3 Å². The molecule has 3 amide bonds. The van der Waals surface area contributed by atoms with Gasteiger partial charge < -0.3 is 31.1 Å². The molecule has 0 spiro atoms. The van der Waals surface area contributed by atoms with Crippen LogP contribution in [0.25, 0.3) is 0 Å². The number of benzene rings is 2. The topological polar surface area (TPSA) is 142 Å². The molecule has 5 N–H and O–H groups in total. The molecule has 12 heteroatoms. The van der Waals surface area contributed by atoms with Gasteiger partial charge in [0.2, 0.25) is 5.91 Å². The molecule has 10 nitrogen and oxygen atoms in total. The zero-order chi connectivity index (χ0) is 27.7. The second-order valence-electron chi connectivity index (χ2n) is 8.21. The normalized spacial score (nSPS) is 12.2. The summed E-state index contributed by atoms with van der Waals surface area (Å²) in [4.78, 5) is 41.9. The summed E-state index contributed by atoms with van der Waals surface area (Å²) in [7, 11) is 1.24. The number of carbonyl (C=O) groups is 3. The molecule has 1 heterocycles. The number of anilines is 2. The molecule has 3 aromatic rings. The monoisotopic (exact) mass is 559 g/mol. The molecule has 0 aliphatic rings. The van der Waals surface area contributed by atoms with Crippen LogP contribution in [0.15, 0.2) is 60.8 Å². The second-order valence-corrected chi connectivity index (χ2v) is 9.03. The van der Waals surface area contributed by atoms with Gasteiger partial charge in [-0.25, -0.2) is 4.98 Å². The van der Waals surface area contributed by atoms with Crippen LogP contribution in [0.4, 0.5) is 11.5 Å². The van der Waals surface area contributed by atoms with Gasteiger partial charge in [-0.1, -0.05) is 35.3 Å². The highest BCUT2D eigenvalue weighted by Gasteiger charge is 2.24. The number of aliphatic hydroxyl groups excluding tert-OH is 1. The van der Waals surface area contributed by atoms with E-state index in [9.17, 15) is 19.5 Å². The van der Waals surface area contributed by atoms with Crippen molar-refractivity contribution in [1.82, 2.24) is 20.9 Å². The van der Waals surface area contributed by atoms with Gasteiger partial charge in [0.1, 0.15) is 5.82 Å². The Morgan fingerprint density at radius 2 is 1.71 bits per heavy atom. The molecular formula is C26H27Cl2N5O5. The number of amides is 3. The van der Waals surface area contributed by atoms with E-state index in [1.807, 2.05) is 19.1 Å². The summed E-state index contributed by atoms with van der Waals surface area (Å²) in [5, 5.41) is 21.2. The molecule has 3 rings (SSSR count). The SMILES string of the molecule is COC(O)[C@H](CNC(=O)CNC(=O)c1cccc(Nc2cc(C)ccn2)c1)NC(=O)c1c(Cl)cccc1Cl. The summed E-state index contributed by atoms with van der Waals surface area (Å²) in [5.41, 5.74) is 2.06. The Morgan fingerprint density at radius 1 is 1.00 bits per heavy atom. The summed E-state index contributed by atoms with van der Waals surface area (Å²) >= 11 is 12.1. The van der Waals surface area contributed by atoms with Crippen molar-refractivity contribution in [3.05, 3.63) is 87.5 Å². The number of nitrogens with zero attached hydrogens (tertiary/aromatic N) is 1. The molecule has 38 heavy (non-hydrogen) atoms. The van der Waals surface area contributed by atoms with E-state index in [0.29, 0.717) is 17.1 Å². The minimum absolute atomic E-state index is 0.0256. The van der Waals surface area contributed by atoms with E-state index in [-0.39, 0.29) is 28.7 Å². The van der Waals surface area contributed by atoms with Gasteiger partial charge >= 0.3 is 0 Å². The van der Waals surface area contributed by atoms with Crippen LogP contribution in [0.2, 0.25) is 10.0 Å². The van der Waals surface area contributed by atoms with Crippen molar-refractivity contribution in [3.63, 3.8) is 0 Å². The predicted molar refractivity (Wildman–Crippen MR) is 145 cm³/mol. The fourth-order valence-corrected chi connectivity index (χ4v) is 3.95. The summed E-state index contributed by atoms with van der Waals surface area (Å²) < 4.78 is 4.90. The number of carbonyl (C=O) groups excluding carboxylic acids is 3. The van der Waals surface area contributed by atoms with Gasteiger partial charge in [0.25, 0.3) is 11.8 Å². The van der Waals surface area contributed by atoms with E-state index < -0.39 is 30.1 Å². The molecule has 200 valence electrons. The van der Waals surface area contributed by atoms with Crippen LogP contribution in [0.1, 0.15) is 26.3 Å². The number of nitrogens with one attached hydrogen (secondary N) is 4.